The van der Waals surface area contributed by atoms with Gasteiger partial charge in [-0.05, 0) is 50.7 Å². The Balaban J connectivity index is 2.06. The van der Waals surface area contributed by atoms with Crippen molar-refractivity contribution < 1.29 is 4.74 Å². The number of aryl methyl sites for hydroxylation is 1. The summed E-state index contributed by atoms with van der Waals surface area (Å²) in [5, 5.41) is 4.72. The van der Waals surface area contributed by atoms with Crippen LogP contribution in [0.4, 0.5) is 5.69 Å². The molecule has 5 heteroatoms. The van der Waals surface area contributed by atoms with Gasteiger partial charge in [0.05, 0.1) is 12.2 Å². The molecule has 1 aliphatic heterocycles. The summed E-state index contributed by atoms with van der Waals surface area (Å²) >= 11 is 11.5. The van der Waals surface area contributed by atoms with Gasteiger partial charge in [0, 0.05) is 23.8 Å². The number of nitrogens with one attached hydrogen (secondary N) is 1. The van der Waals surface area contributed by atoms with Crippen molar-refractivity contribution in [1.29, 1.82) is 0 Å². The second-order valence-electron chi connectivity index (χ2n) is 5.05. The second-order valence-corrected chi connectivity index (χ2v) is 5.87. The second kappa shape index (κ2) is 6.07. The highest BCUT2D eigenvalue weighted by molar-refractivity contribution is 7.80. The van der Waals surface area contributed by atoms with E-state index < -0.39 is 0 Å². The molecule has 0 amide bonds. The van der Waals surface area contributed by atoms with Gasteiger partial charge in [0.2, 0.25) is 0 Å². The summed E-state index contributed by atoms with van der Waals surface area (Å²) in [6.45, 7) is 7.79. The van der Waals surface area contributed by atoms with Crippen LogP contribution in [0.1, 0.15) is 19.4 Å². The fourth-order valence-electron chi connectivity index (χ4n) is 2.27. The van der Waals surface area contributed by atoms with Crippen molar-refractivity contribution in [3.63, 3.8) is 0 Å². The van der Waals surface area contributed by atoms with Crippen LogP contribution in [0.5, 0.6) is 0 Å². The SMILES string of the molecule is Cc1ccc(Cl)cc1NC(=S)N1CC(C)OC(C)C1. The van der Waals surface area contributed by atoms with Gasteiger partial charge < -0.3 is 15.0 Å². The molecule has 1 fully saturated rings. The van der Waals surface area contributed by atoms with Crippen molar-refractivity contribution in [3.8, 4) is 0 Å². The largest absolute Gasteiger partial charge is 0.372 e. The van der Waals surface area contributed by atoms with Gasteiger partial charge in [-0.15, -0.1) is 0 Å². The number of hydrogen-bond acceptors (Lipinski definition) is 2. The molecule has 2 unspecified atom stereocenters. The molecule has 2 atom stereocenters. The molecule has 104 valence electrons. The number of nitrogens with zero attached hydrogens (tertiary/aromatic N) is 1. The third-order valence-corrected chi connectivity index (χ3v) is 3.74. The first-order valence-corrected chi connectivity index (χ1v) is 7.22. The predicted molar refractivity (Wildman–Crippen MR) is 84.0 cm³/mol. The van der Waals surface area contributed by atoms with E-state index in [1.807, 2.05) is 25.1 Å². The lowest BCUT2D eigenvalue weighted by Gasteiger charge is -2.37. The summed E-state index contributed by atoms with van der Waals surface area (Å²) < 4.78 is 5.71. The number of morpholine rings is 1. The standard InChI is InChI=1S/C14H19ClN2OS/c1-9-4-5-12(15)6-13(9)16-14(19)17-7-10(2)18-11(3)8-17/h4-6,10-11H,7-8H2,1-3H3,(H,16,19). The quantitative estimate of drug-likeness (QED) is 0.803. The van der Waals surface area contributed by atoms with E-state index in [0.29, 0.717) is 5.02 Å². The fourth-order valence-corrected chi connectivity index (χ4v) is 2.70. The summed E-state index contributed by atoms with van der Waals surface area (Å²) in [5.74, 6) is 0. The summed E-state index contributed by atoms with van der Waals surface area (Å²) in [6.07, 6.45) is 0.396. The molecule has 0 bridgehead atoms. The summed E-state index contributed by atoms with van der Waals surface area (Å²) in [4.78, 5) is 2.15. The van der Waals surface area contributed by atoms with E-state index in [9.17, 15) is 0 Å². The van der Waals surface area contributed by atoms with Crippen LogP contribution in [-0.2, 0) is 4.74 Å². The molecule has 1 N–H and O–H groups in total. The van der Waals surface area contributed by atoms with E-state index in [1.54, 1.807) is 0 Å². The van der Waals surface area contributed by atoms with Crippen molar-refractivity contribution in [1.82, 2.24) is 4.90 Å². The minimum Gasteiger partial charge on any atom is -0.372 e. The molecule has 1 heterocycles. The van der Waals surface area contributed by atoms with Crippen LogP contribution in [-0.4, -0.2) is 35.3 Å². The minimum atomic E-state index is 0.198. The molecule has 0 spiro atoms. The van der Waals surface area contributed by atoms with Gasteiger partial charge >= 0.3 is 0 Å². The van der Waals surface area contributed by atoms with E-state index in [1.165, 1.54) is 0 Å². The average Bonchev–Trinajstić information content (AvgIpc) is 2.32. The first kappa shape index (κ1) is 14.6. The normalized spacial score (nSPS) is 23.3. The average molecular weight is 299 g/mol. The molecule has 19 heavy (non-hydrogen) atoms. The molecule has 0 radical (unpaired) electrons. The highest BCUT2D eigenvalue weighted by Gasteiger charge is 2.24. The van der Waals surface area contributed by atoms with Crippen molar-refractivity contribution in [2.45, 2.75) is 33.0 Å². The number of anilines is 1. The smallest absolute Gasteiger partial charge is 0.173 e. The zero-order valence-electron chi connectivity index (χ0n) is 11.4. The van der Waals surface area contributed by atoms with Crippen LogP contribution in [0, 0.1) is 6.92 Å². The molecule has 3 nitrogen and oxygen atoms in total. The van der Waals surface area contributed by atoms with Gasteiger partial charge in [0.25, 0.3) is 0 Å². The van der Waals surface area contributed by atoms with Crippen LogP contribution in [0.3, 0.4) is 0 Å². The number of halogens is 1. The Labute approximate surface area is 124 Å². The van der Waals surface area contributed by atoms with E-state index in [4.69, 9.17) is 28.6 Å². The van der Waals surface area contributed by atoms with Crippen LogP contribution < -0.4 is 5.32 Å². The molecule has 0 saturated carbocycles. The highest BCUT2D eigenvalue weighted by Crippen LogP contribution is 2.21. The Morgan fingerprint density at radius 1 is 1.37 bits per heavy atom. The topological polar surface area (TPSA) is 24.5 Å². The third kappa shape index (κ3) is 3.81. The Kier molecular flexibility index (Phi) is 4.66. The maximum absolute atomic E-state index is 6.02. The summed E-state index contributed by atoms with van der Waals surface area (Å²) in [7, 11) is 0. The minimum absolute atomic E-state index is 0.198. The lowest BCUT2D eigenvalue weighted by Crippen LogP contribution is -2.49. The van der Waals surface area contributed by atoms with Gasteiger partial charge in [-0.25, -0.2) is 0 Å². The molecule has 1 aromatic carbocycles. The van der Waals surface area contributed by atoms with Gasteiger partial charge in [-0.2, -0.15) is 0 Å². The molecule has 2 rings (SSSR count). The fraction of sp³-hybridized carbons (Fsp3) is 0.500. The van der Waals surface area contributed by atoms with E-state index in [-0.39, 0.29) is 12.2 Å². The monoisotopic (exact) mass is 298 g/mol. The van der Waals surface area contributed by atoms with Crippen LogP contribution >= 0.6 is 23.8 Å². The first-order valence-electron chi connectivity index (χ1n) is 6.43. The summed E-state index contributed by atoms with van der Waals surface area (Å²) in [6, 6.07) is 5.76. The number of rotatable bonds is 1. The van der Waals surface area contributed by atoms with Crippen LogP contribution in [0.25, 0.3) is 0 Å². The molecule has 1 aliphatic rings. The van der Waals surface area contributed by atoms with Crippen molar-refractivity contribution in [2.75, 3.05) is 18.4 Å². The first-order chi connectivity index (χ1) is 8.95. The molecule has 1 saturated heterocycles. The highest BCUT2D eigenvalue weighted by atomic mass is 35.5. The maximum atomic E-state index is 6.02. The third-order valence-electron chi connectivity index (χ3n) is 3.15. The van der Waals surface area contributed by atoms with Gasteiger partial charge in [-0.3, -0.25) is 0 Å². The lowest BCUT2D eigenvalue weighted by atomic mass is 10.2. The number of ether oxygens (including phenoxy) is 1. The van der Waals surface area contributed by atoms with Crippen molar-refractivity contribution in [2.24, 2.45) is 0 Å². The van der Waals surface area contributed by atoms with Crippen LogP contribution in [0.15, 0.2) is 18.2 Å². The zero-order valence-corrected chi connectivity index (χ0v) is 13.0. The Hall–Kier alpha value is -0.840. The predicted octanol–water partition coefficient (Wildman–Crippen LogP) is 3.45. The van der Waals surface area contributed by atoms with E-state index in [2.05, 4.69) is 24.1 Å². The van der Waals surface area contributed by atoms with Crippen molar-refractivity contribution >= 4 is 34.6 Å². The summed E-state index contributed by atoms with van der Waals surface area (Å²) in [5.41, 5.74) is 2.09. The van der Waals surface area contributed by atoms with Gasteiger partial charge in [-0.1, -0.05) is 17.7 Å². The number of benzene rings is 1. The van der Waals surface area contributed by atoms with E-state index in [0.717, 1.165) is 29.5 Å². The Morgan fingerprint density at radius 3 is 2.63 bits per heavy atom. The lowest BCUT2D eigenvalue weighted by molar-refractivity contribution is -0.0473. The molecular formula is C14H19ClN2OS. The Bertz CT molecular complexity index is 471. The molecule has 0 aliphatic carbocycles. The molecule has 1 aromatic rings. The van der Waals surface area contributed by atoms with Crippen LogP contribution in [0.2, 0.25) is 5.02 Å². The zero-order chi connectivity index (χ0) is 14.0. The van der Waals surface area contributed by atoms with E-state index >= 15 is 0 Å². The van der Waals surface area contributed by atoms with Gasteiger partial charge in [0.1, 0.15) is 0 Å². The molecular weight excluding hydrogens is 280 g/mol. The van der Waals surface area contributed by atoms with Crippen molar-refractivity contribution in [3.05, 3.63) is 28.8 Å². The molecule has 0 aromatic heterocycles. The number of hydrogen-bond donors (Lipinski definition) is 1. The maximum Gasteiger partial charge on any atom is 0.173 e. The Morgan fingerprint density at radius 2 is 2.00 bits per heavy atom. The van der Waals surface area contributed by atoms with Gasteiger partial charge in [0.15, 0.2) is 5.11 Å². The number of thiocarbonyl (C=S) groups is 1.